The molecule has 1 aliphatic rings. The summed E-state index contributed by atoms with van der Waals surface area (Å²) >= 11 is 0. The van der Waals surface area contributed by atoms with Crippen molar-refractivity contribution in [2.75, 3.05) is 0 Å². The third kappa shape index (κ3) is 1.98. The van der Waals surface area contributed by atoms with Gasteiger partial charge in [0.25, 0.3) is 0 Å². The van der Waals surface area contributed by atoms with Crippen LogP contribution in [0.25, 0.3) is 0 Å². The molecular formula is C12H16O3. The van der Waals surface area contributed by atoms with E-state index in [1.807, 2.05) is 24.3 Å². The van der Waals surface area contributed by atoms with Crippen LogP contribution in [-0.4, -0.2) is 28.0 Å². The summed E-state index contributed by atoms with van der Waals surface area (Å²) in [5.74, 6) is 0.759. The Morgan fingerprint density at radius 2 is 2.00 bits per heavy atom. The monoisotopic (exact) mass is 208 g/mol. The summed E-state index contributed by atoms with van der Waals surface area (Å²) in [6.07, 6.45) is -0.683. The van der Waals surface area contributed by atoms with Crippen LogP contribution in [0.15, 0.2) is 24.3 Å². The maximum Gasteiger partial charge on any atom is 0.153 e. The van der Waals surface area contributed by atoms with Crippen molar-refractivity contribution in [3.63, 3.8) is 0 Å². The summed E-state index contributed by atoms with van der Waals surface area (Å²) in [5, 5.41) is 19.7. The Kier molecular flexibility index (Phi) is 2.44. The smallest absolute Gasteiger partial charge is 0.153 e. The number of aliphatic hydroxyl groups is 2. The van der Waals surface area contributed by atoms with E-state index in [4.69, 9.17) is 4.74 Å². The van der Waals surface area contributed by atoms with Crippen LogP contribution in [0.1, 0.15) is 19.4 Å². The maximum atomic E-state index is 9.87. The number of para-hydroxylation sites is 1. The lowest BCUT2D eigenvalue weighted by molar-refractivity contribution is -0.0989. The lowest BCUT2D eigenvalue weighted by Crippen LogP contribution is -2.51. The van der Waals surface area contributed by atoms with Gasteiger partial charge in [0.2, 0.25) is 0 Å². The van der Waals surface area contributed by atoms with Crippen LogP contribution >= 0.6 is 0 Å². The minimum absolute atomic E-state index is 0.533. The zero-order chi connectivity index (χ0) is 11.1. The highest BCUT2D eigenvalue weighted by molar-refractivity contribution is 5.36. The highest BCUT2D eigenvalue weighted by Crippen LogP contribution is 2.31. The van der Waals surface area contributed by atoms with E-state index in [9.17, 15) is 10.2 Å². The van der Waals surface area contributed by atoms with Gasteiger partial charge in [0, 0.05) is 6.42 Å². The van der Waals surface area contributed by atoms with Gasteiger partial charge in [-0.3, -0.25) is 0 Å². The fourth-order valence-electron chi connectivity index (χ4n) is 1.95. The Labute approximate surface area is 89.3 Å². The molecular weight excluding hydrogens is 192 g/mol. The van der Waals surface area contributed by atoms with Gasteiger partial charge >= 0.3 is 0 Å². The maximum absolute atomic E-state index is 9.87. The van der Waals surface area contributed by atoms with Gasteiger partial charge in [-0.05, 0) is 25.5 Å². The van der Waals surface area contributed by atoms with Gasteiger partial charge in [0.15, 0.2) is 6.10 Å². The van der Waals surface area contributed by atoms with Crippen LogP contribution in [0.4, 0.5) is 0 Å². The van der Waals surface area contributed by atoms with Gasteiger partial charge in [-0.2, -0.15) is 0 Å². The highest BCUT2D eigenvalue weighted by Gasteiger charge is 2.38. The first-order valence-corrected chi connectivity index (χ1v) is 5.13. The van der Waals surface area contributed by atoms with Gasteiger partial charge in [0.1, 0.15) is 5.75 Å². The molecule has 0 saturated heterocycles. The number of rotatable bonds is 1. The Bertz CT molecular complexity index is 354. The lowest BCUT2D eigenvalue weighted by Gasteiger charge is -2.37. The lowest BCUT2D eigenvalue weighted by atomic mass is 9.90. The molecule has 2 atom stereocenters. The predicted molar refractivity (Wildman–Crippen MR) is 56.9 cm³/mol. The molecule has 0 unspecified atom stereocenters. The minimum atomic E-state index is -1.03. The molecule has 15 heavy (non-hydrogen) atoms. The standard InChI is InChI=1S/C12H16O3/c1-12(2,14)11-9(13)7-8-5-3-4-6-10(8)15-11/h3-6,9,11,13-14H,7H2,1-2H3/t9-,11-/m0/s1. The quantitative estimate of drug-likeness (QED) is 0.727. The van der Waals surface area contributed by atoms with Crippen molar-refractivity contribution in [2.24, 2.45) is 0 Å². The number of aliphatic hydroxyl groups excluding tert-OH is 1. The second kappa shape index (κ2) is 3.51. The zero-order valence-corrected chi connectivity index (χ0v) is 8.97. The molecule has 3 nitrogen and oxygen atoms in total. The molecule has 0 saturated carbocycles. The first-order chi connectivity index (χ1) is 6.98. The molecule has 82 valence electrons. The van der Waals surface area contributed by atoms with Gasteiger partial charge in [0.05, 0.1) is 11.7 Å². The summed E-state index contributed by atoms with van der Waals surface area (Å²) in [5.41, 5.74) is -0.0436. The molecule has 2 N–H and O–H groups in total. The van der Waals surface area contributed by atoms with Crippen molar-refractivity contribution in [3.05, 3.63) is 29.8 Å². The van der Waals surface area contributed by atoms with E-state index in [1.54, 1.807) is 13.8 Å². The van der Waals surface area contributed by atoms with Crippen LogP contribution in [0.2, 0.25) is 0 Å². The first-order valence-electron chi connectivity index (χ1n) is 5.13. The second-order valence-electron chi connectivity index (χ2n) is 4.57. The Morgan fingerprint density at radius 1 is 1.33 bits per heavy atom. The van der Waals surface area contributed by atoms with Crippen molar-refractivity contribution < 1.29 is 14.9 Å². The van der Waals surface area contributed by atoms with E-state index in [0.717, 1.165) is 11.3 Å². The molecule has 0 radical (unpaired) electrons. The van der Waals surface area contributed by atoms with Gasteiger partial charge in [-0.1, -0.05) is 18.2 Å². The second-order valence-corrected chi connectivity index (χ2v) is 4.57. The largest absolute Gasteiger partial charge is 0.484 e. The molecule has 1 heterocycles. The number of ether oxygens (including phenoxy) is 1. The molecule has 0 spiro atoms. The fourth-order valence-corrected chi connectivity index (χ4v) is 1.95. The summed E-state index contributed by atoms with van der Waals surface area (Å²) in [7, 11) is 0. The molecule has 0 amide bonds. The summed E-state index contributed by atoms with van der Waals surface area (Å²) < 4.78 is 5.61. The molecule has 0 aromatic heterocycles. The predicted octanol–water partition coefficient (Wildman–Crippen LogP) is 1.12. The molecule has 0 bridgehead atoms. The number of fused-ring (bicyclic) bond motifs is 1. The fraction of sp³-hybridized carbons (Fsp3) is 0.500. The van der Waals surface area contributed by atoms with Crippen molar-refractivity contribution in [3.8, 4) is 5.75 Å². The molecule has 0 fully saturated rings. The normalized spacial score (nSPS) is 25.6. The number of hydrogen-bond donors (Lipinski definition) is 2. The van der Waals surface area contributed by atoms with Crippen LogP contribution in [0.3, 0.4) is 0 Å². The van der Waals surface area contributed by atoms with Gasteiger partial charge in [-0.15, -0.1) is 0 Å². The number of benzene rings is 1. The summed E-state index contributed by atoms with van der Waals surface area (Å²) in [4.78, 5) is 0. The minimum Gasteiger partial charge on any atom is -0.484 e. The molecule has 1 aromatic carbocycles. The van der Waals surface area contributed by atoms with E-state index < -0.39 is 17.8 Å². The van der Waals surface area contributed by atoms with Gasteiger partial charge < -0.3 is 14.9 Å². The van der Waals surface area contributed by atoms with Crippen LogP contribution < -0.4 is 4.74 Å². The van der Waals surface area contributed by atoms with E-state index in [-0.39, 0.29) is 0 Å². The molecule has 0 aliphatic carbocycles. The van der Waals surface area contributed by atoms with E-state index >= 15 is 0 Å². The average molecular weight is 208 g/mol. The topological polar surface area (TPSA) is 49.7 Å². The van der Waals surface area contributed by atoms with Crippen molar-refractivity contribution in [1.82, 2.24) is 0 Å². The third-order valence-electron chi connectivity index (χ3n) is 2.70. The van der Waals surface area contributed by atoms with Crippen LogP contribution in [-0.2, 0) is 6.42 Å². The Morgan fingerprint density at radius 3 is 2.67 bits per heavy atom. The Hall–Kier alpha value is -1.06. The van der Waals surface area contributed by atoms with E-state index in [1.165, 1.54) is 0 Å². The SMILES string of the molecule is CC(C)(O)[C@H]1Oc2ccccc2C[C@@H]1O. The van der Waals surface area contributed by atoms with E-state index in [0.29, 0.717) is 6.42 Å². The molecule has 2 rings (SSSR count). The van der Waals surface area contributed by atoms with Crippen molar-refractivity contribution >= 4 is 0 Å². The first kappa shape index (κ1) is 10.5. The van der Waals surface area contributed by atoms with E-state index in [2.05, 4.69) is 0 Å². The molecule has 1 aliphatic heterocycles. The van der Waals surface area contributed by atoms with Crippen LogP contribution in [0, 0.1) is 0 Å². The number of hydrogen-bond acceptors (Lipinski definition) is 3. The summed E-state index contributed by atoms with van der Waals surface area (Å²) in [6, 6.07) is 7.59. The zero-order valence-electron chi connectivity index (χ0n) is 8.97. The van der Waals surface area contributed by atoms with Gasteiger partial charge in [-0.25, -0.2) is 0 Å². The summed E-state index contributed by atoms with van der Waals surface area (Å²) in [6.45, 7) is 3.30. The molecule has 3 heteroatoms. The van der Waals surface area contributed by atoms with Crippen molar-refractivity contribution in [2.45, 2.75) is 38.1 Å². The Balaban J connectivity index is 2.30. The molecule has 1 aromatic rings. The van der Waals surface area contributed by atoms with Crippen molar-refractivity contribution in [1.29, 1.82) is 0 Å². The third-order valence-corrected chi connectivity index (χ3v) is 2.70. The average Bonchev–Trinajstić information content (AvgIpc) is 2.15. The highest BCUT2D eigenvalue weighted by atomic mass is 16.5. The van der Waals surface area contributed by atoms with Crippen LogP contribution in [0.5, 0.6) is 5.75 Å².